The zero-order valence-electron chi connectivity index (χ0n) is 12.6. The second-order valence-corrected chi connectivity index (χ2v) is 6.09. The zero-order valence-corrected chi connectivity index (χ0v) is 12.6. The second-order valence-electron chi connectivity index (χ2n) is 6.09. The summed E-state index contributed by atoms with van der Waals surface area (Å²) in [6, 6.07) is 6.66. The number of benzene rings is 1. The Kier molecular flexibility index (Phi) is 4.51. The standard InChI is InChI=1S/C17H21N3O2/c21-20(22)15-8-4-7-14(11-15)16-12-18-17(19-16)10-9-13-5-2-1-3-6-13/h4,7-8,11-13H,1-3,5-6,9-10H2,(H,18,19). The van der Waals surface area contributed by atoms with Crippen molar-refractivity contribution in [3.05, 3.63) is 46.4 Å². The van der Waals surface area contributed by atoms with Gasteiger partial charge in [0.15, 0.2) is 0 Å². The van der Waals surface area contributed by atoms with E-state index in [-0.39, 0.29) is 10.6 Å². The molecule has 1 saturated carbocycles. The Morgan fingerprint density at radius 1 is 1.27 bits per heavy atom. The van der Waals surface area contributed by atoms with Crippen molar-refractivity contribution in [1.29, 1.82) is 0 Å². The van der Waals surface area contributed by atoms with Crippen LogP contribution in [0.15, 0.2) is 30.5 Å². The molecule has 0 bridgehead atoms. The van der Waals surface area contributed by atoms with Gasteiger partial charge in [-0.2, -0.15) is 0 Å². The number of nitrogens with one attached hydrogen (secondary N) is 1. The third-order valence-corrected chi connectivity index (χ3v) is 4.51. The van der Waals surface area contributed by atoms with Crippen LogP contribution in [0.5, 0.6) is 0 Å². The fraction of sp³-hybridized carbons (Fsp3) is 0.471. The average Bonchev–Trinajstić information content (AvgIpc) is 3.03. The molecule has 1 fully saturated rings. The van der Waals surface area contributed by atoms with Crippen molar-refractivity contribution in [2.75, 3.05) is 0 Å². The maximum atomic E-state index is 10.8. The van der Waals surface area contributed by atoms with Crippen molar-refractivity contribution in [2.45, 2.75) is 44.9 Å². The molecule has 0 atom stereocenters. The lowest BCUT2D eigenvalue weighted by Gasteiger charge is -2.20. The highest BCUT2D eigenvalue weighted by atomic mass is 16.6. The monoisotopic (exact) mass is 299 g/mol. The Bertz CT molecular complexity index is 645. The molecule has 0 spiro atoms. The molecule has 116 valence electrons. The number of non-ortho nitro benzene ring substituents is 1. The van der Waals surface area contributed by atoms with E-state index < -0.39 is 0 Å². The van der Waals surface area contributed by atoms with E-state index in [2.05, 4.69) is 9.97 Å². The van der Waals surface area contributed by atoms with Gasteiger partial charge in [-0.05, 0) is 12.3 Å². The van der Waals surface area contributed by atoms with E-state index in [1.54, 1.807) is 18.3 Å². The van der Waals surface area contributed by atoms with Crippen molar-refractivity contribution >= 4 is 5.69 Å². The second kappa shape index (κ2) is 6.73. The van der Waals surface area contributed by atoms with Gasteiger partial charge in [0.1, 0.15) is 5.82 Å². The van der Waals surface area contributed by atoms with Crippen LogP contribution < -0.4 is 0 Å². The van der Waals surface area contributed by atoms with Gasteiger partial charge < -0.3 is 4.98 Å². The van der Waals surface area contributed by atoms with Crippen LogP contribution in [0.1, 0.15) is 44.3 Å². The van der Waals surface area contributed by atoms with Gasteiger partial charge in [-0.25, -0.2) is 4.98 Å². The summed E-state index contributed by atoms with van der Waals surface area (Å²) in [5.41, 5.74) is 1.77. The fourth-order valence-corrected chi connectivity index (χ4v) is 3.24. The Morgan fingerprint density at radius 2 is 2.09 bits per heavy atom. The van der Waals surface area contributed by atoms with E-state index in [4.69, 9.17) is 0 Å². The molecule has 0 saturated heterocycles. The molecule has 0 amide bonds. The van der Waals surface area contributed by atoms with Gasteiger partial charge in [0, 0.05) is 24.1 Å². The molecular weight excluding hydrogens is 278 g/mol. The number of aromatic nitrogens is 2. The van der Waals surface area contributed by atoms with Gasteiger partial charge in [-0.1, -0.05) is 44.2 Å². The van der Waals surface area contributed by atoms with Crippen molar-refractivity contribution in [3.8, 4) is 11.3 Å². The van der Waals surface area contributed by atoms with E-state index in [0.717, 1.165) is 29.4 Å². The summed E-state index contributed by atoms with van der Waals surface area (Å²) >= 11 is 0. The Labute approximate surface area is 129 Å². The van der Waals surface area contributed by atoms with Gasteiger partial charge in [0.2, 0.25) is 0 Å². The van der Waals surface area contributed by atoms with Gasteiger partial charge in [-0.3, -0.25) is 10.1 Å². The van der Waals surface area contributed by atoms with Crippen molar-refractivity contribution in [1.82, 2.24) is 9.97 Å². The van der Waals surface area contributed by atoms with E-state index in [9.17, 15) is 10.1 Å². The van der Waals surface area contributed by atoms with Gasteiger partial charge >= 0.3 is 0 Å². The molecule has 1 N–H and O–H groups in total. The minimum absolute atomic E-state index is 0.107. The number of H-pyrrole nitrogens is 1. The van der Waals surface area contributed by atoms with Crippen LogP contribution in [0.3, 0.4) is 0 Å². The first-order chi connectivity index (χ1) is 10.7. The van der Waals surface area contributed by atoms with E-state index in [1.165, 1.54) is 44.6 Å². The Hall–Kier alpha value is -2.17. The van der Waals surface area contributed by atoms with Crippen LogP contribution in [-0.4, -0.2) is 14.9 Å². The van der Waals surface area contributed by atoms with Crippen molar-refractivity contribution < 1.29 is 4.92 Å². The quantitative estimate of drug-likeness (QED) is 0.652. The Morgan fingerprint density at radius 3 is 2.86 bits per heavy atom. The maximum absolute atomic E-state index is 10.8. The third-order valence-electron chi connectivity index (χ3n) is 4.51. The first-order valence-electron chi connectivity index (χ1n) is 8.01. The molecule has 1 heterocycles. The fourth-order valence-electron chi connectivity index (χ4n) is 3.24. The lowest BCUT2D eigenvalue weighted by molar-refractivity contribution is -0.384. The van der Waals surface area contributed by atoms with Gasteiger partial charge in [0.25, 0.3) is 5.69 Å². The lowest BCUT2D eigenvalue weighted by Crippen LogP contribution is -2.07. The summed E-state index contributed by atoms with van der Waals surface area (Å²) in [4.78, 5) is 18.2. The smallest absolute Gasteiger partial charge is 0.270 e. The molecule has 0 radical (unpaired) electrons. The number of imidazole rings is 1. The molecule has 0 unspecified atom stereocenters. The number of aromatic amines is 1. The summed E-state index contributed by atoms with van der Waals surface area (Å²) in [7, 11) is 0. The summed E-state index contributed by atoms with van der Waals surface area (Å²) in [6.07, 6.45) is 10.7. The van der Waals surface area contributed by atoms with E-state index in [0.29, 0.717) is 0 Å². The number of aryl methyl sites for hydroxylation is 1. The minimum Gasteiger partial charge on any atom is -0.342 e. The van der Waals surface area contributed by atoms with Crippen LogP contribution in [0.2, 0.25) is 0 Å². The topological polar surface area (TPSA) is 71.8 Å². The molecule has 0 aliphatic heterocycles. The van der Waals surface area contributed by atoms with Crippen LogP contribution in [0, 0.1) is 16.0 Å². The van der Waals surface area contributed by atoms with Crippen molar-refractivity contribution in [2.24, 2.45) is 5.92 Å². The van der Waals surface area contributed by atoms with Crippen LogP contribution in [-0.2, 0) is 6.42 Å². The number of hydrogen-bond acceptors (Lipinski definition) is 3. The van der Waals surface area contributed by atoms with Crippen LogP contribution >= 0.6 is 0 Å². The summed E-state index contributed by atoms with van der Waals surface area (Å²) in [6.45, 7) is 0. The maximum Gasteiger partial charge on any atom is 0.270 e. The first kappa shape index (κ1) is 14.8. The number of nitro groups is 1. The molecule has 1 aromatic heterocycles. The van der Waals surface area contributed by atoms with E-state index in [1.807, 2.05) is 6.07 Å². The molecule has 5 heteroatoms. The molecular formula is C17H21N3O2. The minimum atomic E-state index is -0.371. The predicted molar refractivity (Wildman–Crippen MR) is 85.6 cm³/mol. The highest BCUT2D eigenvalue weighted by Gasteiger charge is 2.14. The normalized spacial score (nSPS) is 15.8. The van der Waals surface area contributed by atoms with Crippen molar-refractivity contribution in [3.63, 3.8) is 0 Å². The predicted octanol–water partition coefficient (Wildman–Crippen LogP) is 4.50. The SMILES string of the molecule is O=[N+]([O-])c1cccc(-c2cnc(CCC3CCCCC3)[nH]2)c1. The summed E-state index contributed by atoms with van der Waals surface area (Å²) in [5, 5.41) is 10.8. The lowest BCUT2D eigenvalue weighted by atomic mass is 9.86. The van der Waals surface area contributed by atoms with Crippen LogP contribution in [0.25, 0.3) is 11.3 Å². The molecule has 2 aromatic rings. The van der Waals surface area contributed by atoms with Gasteiger partial charge in [0.05, 0.1) is 16.8 Å². The molecule has 22 heavy (non-hydrogen) atoms. The summed E-state index contributed by atoms with van der Waals surface area (Å²) in [5.74, 6) is 1.81. The molecule has 1 aliphatic rings. The largest absolute Gasteiger partial charge is 0.342 e. The summed E-state index contributed by atoms with van der Waals surface area (Å²) < 4.78 is 0. The third kappa shape index (κ3) is 3.53. The first-order valence-corrected chi connectivity index (χ1v) is 8.01. The number of rotatable bonds is 5. The average molecular weight is 299 g/mol. The highest BCUT2D eigenvalue weighted by molar-refractivity contribution is 5.61. The molecule has 1 aromatic carbocycles. The molecule has 5 nitrogen and oxygen atoms in total. The number of nitro benzene ring substituents is 1. The van der Waals surface area contributed by atoms with Crippen LogP contribution in [0.4, 0.5) is 5.69 Å². The molecule has 1 aliphatic carbocycles. The highest BCUT2D eigenvalue weighted by Crippen LogP contribution is 2.28. The zero-order chi connectivity index (χ0) is 15.4. The number of nitrogens with zero attached hydrogens (tertiary/aromatic N) is 2. The van der Waals surface area contributed by atoms with Gasteiger partial charge in [-0.15, -0.1) is 0 Å². The number of hydrogen-bond donors (Lipinski definition) is 1. The Balaban J connectivity index is 1.65. The van der Waals surface area contributed by atoms with E-state index >= 15 is 0 Å². The molecule has 3 rings (SSSR count).